The third-order valence-corrected chi connectivity index (χ3v) is 2.86. The van der Waals surface area contributed by atoms with E-state index in [1.165, 1.54) is 12.3 Å². The first kappa shape index (κ1) is 13.0. The van der Waals surface area contributed by atoms with Crippen LogP contribution in [0.5, 0.6) is 0 Å². The second-order valence-corrected chi connectivity index (χ2v) is 4.14. The number of hydrogen-bond acceptors (Lipinski definition) is 3. The van der Waals surface area contributed by atoms with E-state index in [1.54, 1.807) is 31.2 Å². The van der Waals surface area contributed by atoms with Gasteiger partial charge in [0, 0.05) is 0 Å². The van der Waals surface area contributed by atoms with Crippen molar-refractivity contribution in [1.29, 1.82) is 0 Å². The van der Waals surface area contributed by atoms with Crippen molar-refractivity contribution in [2.45, 2.75) is 6.92 Å². The van der Waals surface area contributed by atoms with E-state index >= 15 is 0 Å². The number of hydrogen-bond donors (Lipinski definition) is 1. The van der Waals surface area contributed by atoms with E-state index in [1.807, 2.05) is 6.07 Å². The van der Waals surface area contributed by atoms with Crippen LogP contribution in [0, 0.1) is 17.6 Å². The Morgan fingerprint density at radius 1 is 1.21 bits per heavy atom. The first-order valence-corrected chi connectivity index (χ1v) is 5.77. The van der Waals surface area contributed by atoms with Crippen molar-refractivity contribution in [3.05, 3.63) is 65.5 Å². The zero-order valence-corrected chi connectivity index (χ0v) is 10.5. The number of nitrogens with zero attached hydrogens (tertiary/aromatic N) is 1. The summed E-state index contributed by atoms with van der Waals surface area (Å²) in [5.74, 6) is -0.256. The first-order chi connectivity index (χ1) is 9.15. The highest BCUT2D eigenvalue weighted by Crippen LogP contribution is 2.31. The molecule has 0 heterocycles. The van der Waals surface area contributed by atoms with E-state index < -0.39 is 0 Å². The molecule has 3 nitrogen and oxygen atoms in total. The molecule has 0 saturated heterocycles. The summed E-state index contributed by atoms with van der Waals surface area (Å²) >= 11 is 0. The third kappa shape index (κ3) is 2.68. The van der Waals surface area contributed by atoms with Crippen LogP contribution < -0.4 is 5.32 Å². The number of halogens is 1. The van der Waals surface area contributed by atoms with Gasteiger partial charge in [-0.15, -0.1) is 4.91 Å². The van der Waals surface area contributed by atoms with E-state index in [4.69, 9.17) is 0 Å². The molecule has 2 rings (SSSR count). The standard InChI is InChI=1S/C15H13FN2O/c1-3-17-15-9-12(6-7-14(15)18-19)11-5-4-10(2)13(16)8-11/h3-9,17H,1H2,2H3. The fourth-order valence-electron chi connectivity index (χ4n) is 1.79. The van der Waals surface area contributed by atoms with E-state index in [-0.39, 0.29) is 11.5 Å². The van der Waals surface area contributed by atoms with Crippen molar-refractivity contribution in [2.24, 2.45) is 5.18 Å². The minimum Gasteiger partial charge on any atom is -0.360 e. The molecule has 0 aliphatic carbocycles. The number of rotatable bonds is 4. The number of nitrogens with one attached hydrogen (secondary N) is 1. The number of nitroso groups, excluding NO2 is 1. The molecule has 0 saturated carbocycles. The molecule has 1 N–H and O–H groups in total. The molecule has 0 bridgehead atoms. The Bertz CT molecular complexity index is 638. The van der Waals surface area contributed by atoms with Crippen molar-refractivity contribution < 1.29 is 4.39 Å². The molecule has 0 amide bonds. The van der Waals surface area contributed by atoms with Gasteiger partial charge >= 0.3 is 0 Å². The lowest BCUT2D eigenvalue weighted by Gasteiger charge is -2.08. The second-order valence-electron chi connectivity index (χ2n) is 4.14. The first-order valence-electron chi connectivity index (χ1n) is 5.77. The molecule has 2 aromatic rings. The highest BCUT2D eigenvalue weighted by molar-refractivity contribution is 5.76. The Labute approximate surface area is 110 Å². The summed E-state index contributed by atoms with van der Waals surface area (Å²) in [4.78, 5) is 10.7. The minimum absolute atomic E-state index is 0.256. The summed E-state index contributed by atoms with van der Waals surface area (Å²) < 4.78 is 13.6. The maximum Gasteiger partial charge on any atom is 0.131 e. The topological polar surface area (TPSA) is 41.5 Å². The summed E-state index contributed by atoms with van der Waals surface area (Å²) in [7, 11) is 0. The molecule has 0 radical (unpaired) electrons. The van der Waals surface area contributed by atoms with Crippen molar-refractivity contribution in [2.75, 3.05) is 5.32 Å². The number of benzene rings is 2. The molecule has 0 spiro atoms. The van der Waals surface area contributed by atoms with E-state index in [0.717, 1.165) is 11.1 Å². The van der Waals surface area contributed by atoms with Gasteiger partial charge in [0.2, 0.25) is 0 Å². The number of aryl methyl sites for hydroxylation is 1. The summed E-state index contributed by atoms with van der Waals surface area (Å²) in [5, 5.41) is 5.76. The Hall–Kier alpha value is -2.49. The van der Waals surface area contributed by atoms with Crippen LogP contribution in [0.4, 0.5) is 15.8 Å². The quantitative estimate of drug-likeness (QED) is 0.801. The molecule has 19 heavy (non-hydrogen) atoms. The van der Waals surface area contributed by atoms with Gasteiger partial charge in [-0.05, 0) is 53.2 Å². The normalized spacial score (nSPS) is 10.0. The lowest BCUT2D eigenvalue weighted by molar-refractivity contribution is 0.619. The van der Waals surface area contributed by atoms with Gasteiger partial charge in [-0.1, -0.05) is 24.8 Å². The predicted octanol–water partition coefficient (Wildman–Crippen LogP) is 4.75. The van der Waals surface area contributed by atoms with Crippen molar-refractivity contribution in [3.63, 3.8) is 0 Å². The molecule has 0 aliphatic rings. The monoisotopic (exact) mass is 256 g/mol. The fourth-order valence-corrected chi connectivity index (χ4v) is 1.79. The maximum atomic E-state index is 13.6. The van der Waals surface area contributed by atoms with Crippen LogP contribution >= 0.6 is 0 Å². The van der Waals surface area contributed by atoms with Gasteiger partial charge in [-0.3, -0.25) is 0 Å². The average Bonchev–Trinajstić information content (AvgIpc) is 2.42. The SMILES string of the molecule is C=CNc1cc(-c2ccc(C)c(F)c2)ccc1N=O. The summed E-state index contributed by atoms with van der Waals surface area (Å²) in [6.45, 7) is 5.26. The summed E-state index contributed by atoms with van der Waals surface area (Å²) in [6.07, 6.45) is 1.46. The van der Waals surface area contributed by atoms with Crippen LogP contribution in [-0.2, 0) is 0 Å². The molecule has 2 aromatic carbocycles. The van der Waals surface area contributed by atoms with Crippen LogP contribution in [0.25, 0.3) is 11.1 Å². The van der Waals surface area contributed by atoms with Crippen molar-refractivity contribution >= 4 is 11.4 Å². The molecule has 0 aromatic heterocycles. The van der Waals surface area contributed by atoms with Crippen molar-refractivity contribution in [1.82, 2.24) is 0 Å². The van der Waals surface area contributed by atoms with Crippen molar-refractivity contribution in [3.8, 4) is 11.1 Å². The van der Waals surface area contributed by atoms with E-state index in [2.05, 4.69) is 17.1 Å². The largest absolute Gasteiger partial charge is 0.360 e. The molecule has 96 valence electrons. The van der Waals surface area contributed by atoms with E-state index in [9.17, 15) is 9.30 Å². The molecule has 4 heteroatoms. The van der Waals surface area contributed by atoms with Gasteiger partial charge in [0.1, 0.15) is 11.5 Å². The van der Waals surface area contributed by atoms with Crippen LogP contribution in [0.1, 0.15) is 5.56 Å². The van der Waals surface area contributed by atoms with Crippen LogP contribution in [0.15, 0.2) is 54.4 Å². The maximum absolute atomic E-state index is 13.6. The molecule has 0 atom stereocenters. The van der Waals surface area contributed by atoms with Gasteiger partial charge < -0.3 is 5.32 Å². The molecular weight excluding hydrogens is 243 g/mol. The molecular formula is C15H13FN2O. The van der Waals surface area contributed by atoms with Gasteiger partial charge in [0.15, 0.2) is 0 Å². The Balaban J connectivity index is 2.50. The Kier molecular flexibility index (Phi) is 3.71. The van der Waals surface area contributed by atoms with Gasteiger partial charge in [-0.25, -0.2) is 4.39 Å². The minimum atomic E-state index is -0.256. The lowest BCUT2D eigenvalue weighted by atomic mass is 10.0. The van der Waals surface area contributed by atoms with Crippen LogP contribution in [-0.4, -0.2) is 0 Å². The highest BCUT2D eigenvalue weighted by Gasteiger charge is 2.06. The average molecular weight is 256 g/mol. The zero-order chi connectivity index (χ0) is 13.8. The second kappa shape index (κ2) is 5.44. The van der Waals surface area contributed by atoms with Gasteiger partial charge in [-0.2, -0.15) is 0 Å². The Morgan fingerprint density at radius 3 is 2.53 bits per heavy atom. The molecule has 0 unspecified atom stereocenters. The van der Waals surface area contributed by atoms with Gasteiger partial charge in [0.25, 0.3) is 0 Å². The number of anilines is 1. The Morgan fingerprint density at radius 2 is 1.89 bits per heavy atom. The lowest BCUT2D eigenvalue weighted by Crippen LogP contribution is -1.89. The smallest absolute Gasteiger partial charge is 0.131 e. The summed E-state index contributed by atoms with van der Waals surface area (Å²) in [5.41, 5.74) is 2.97. The fraction of sp³-hybridized carbons (Fsp3) is 0.0667. The predicted molar refractivity (Wildman–Crippen MR) is 75.8 cm³/mol. The molecule has 0 fully saturated rings. The van der Waals surface area contributed by atoms with Crippen LogP contribution in [0.2, 0.25) is 0 Å². The zero-order valence-electron chi connectivity index (χ0n) is 10.5. The molecule has 0 aliphatic heterocycles. The summed E-state index contributed by atoms with van der Waals surface area (Å²) in [6, 6.07) is 10.1. The highest BCUT2D eigenvalue weighted by atomic mass is 19.1. The third-order valence-electron chi connectivity index (χ3n) is 2.86. The van der Waals surface area contributed by atoms with Crippen LogP contribution in [0.3, 0.4) is 0 Å². The van der Waals surface area contributed by atoms with Gasteiger partial charge in [0.05, 0.1) is 5.69 Å². The van der Waals surface area contributed by atoms with E-state index in [0.29, 0.717) is 11.3 Å².